The van der Waals surface area contributed by atoms with Gasteiger partial charge in [-0.3, -0.25) is 9.67 Å². The Balaban J connectivity index is 1.64. The maximum atomic E-state index is 9.45. The number of piperazine rings is 1. The number of nitrogens with two attached hydrogens (primary N) is 1. The summed E-state index contributed by atoms with van der Waals surface area (Å²) in [4.78, 5) is 15.8. The van der Waals surface area contributed by atoms with Crippen LogP contribution < -0.4 is 26.0 Å². The lowest BCUT2D eigenvalue weighted by Gasteiger charge is -2.29. The fourth-order valence-electron chi connectivity index (χ4n) is 4.22. The molecule has 0 bridgehead atoms. The lowest BCUT2D eigenvalue weighted by molar-refractivity contribution is 0.276. The summed E-state index contributed by atoms with van der Waals surface area (Å²) in [5, 5.41) is 20.8. The predicted molar refractivity (Wildman–Crippen MR) is 129 cm³/mol. The van der Waals surface area contributed by atoms with Gasteiger partial charge in [-0.15, -0.1) is 0 Å². The number of ether oxygens (including phenoxy) is 1. The van der Waals surface area contributed by atoms with Gasteiger partial charge in [0.1, 0.15) is 22.5 Å². The summed E-state index contributed by atoms with van der Waals surface area (Å²) < 4.78 is 7.49. The summed E-state index contributed by atoms with van der Waals surface area (Å²) in [6.07, 6.45) is 6.09. The van der Waals surface area contributed by atoms with Crippen molar-refractivity contribution < 1.29 is 9.84 Å². The van der Waals surface area contributed by atoms with Gasteiger partial charge >= 0.3 is 0 Å². The van der Waals surface area contributed by atoms with E-state index in [9.17, 15) is 5.11 Å². The van der Waals surface area contributed by atoms with Crippen LogP contribution in [0.15, 0.2) is 18.5 Å². The van der Waals surface area contributed by atoms with Crippen LogP contribution in [-0.2, 0) is 6.54 Å². The Morgan fingerprint density at radius 3 is 2.79 bits per heavy atom. The number of pyridine rings is 1. The van der Waals surface area contributed by atoms with Gasteiger partial charge in [0, 0.05) is 44.9 Å². The van der Waals surface area contributed by atoms with Crippen molar-refractivity contribution in [3.8, 4) is 5.75 Å². The highest BCUT2D eigenvalue weighted by molar-refractivity contribution is 5.86. The van der Waals surface area contributed by atoms with Crippen LogP contribution in [0.2, 0.25) is 0 Å². The quantitative estimate of drug-likeness (QED) is 0.353. The largest absolute Gasteiger partial charge is 0.495 e. The van der Waals surface area contributed by atoms with Gasteiger partial charge in [-0.2, -0.15) is 10.1 Å². The number of nitrogens with zero attached hydrogens (tertiary/aromatic N) is 6. The molecule has 4 rings (SSSR count). The molecular weight excluding hydrogens is 422 g/mol. The third-order valence-electron chi connectivity index (χ3n) is 5.88. The second kappa shape index (κ2) is 10.6. The number of methoxy groups -OCH3 is 1. The third kappa shape index (κ3) is 5.25. The Hall–Kier alpha value is -3.18. The van der Waals surface area contributed by atoms with E-state index in [0.29, 0.717) is 30.0 Å². The molecule has 0 unspecified atom stereocenters. The number of anilines is 3. The monoisotopic (exact) mass is 455 g/mol. The van der Waals surface area contributed by atoms with Crippen molar-refractivity contribution >= 4 is 28.5 Å². The topological polar surface area (TPSA) is 139 Å². The molecule has 1 saturated heterocycles. The molecule has 11 nitrogen and oxygen atoms in total. The minimum absolute atomic E-state index is 0.0758. The van der Waals surface area contributed by atoms with E-state index >= 15 is 0 Å². The highest BCUT2D eigenvalue weighted by atomic mass is 16.5. The first kappa shape index (κ1) is 23.0. The Labute approximate surface area is 193 Å². The van der Waals surface area contributed by atoms with E-state index in [4.69, 9.17) is 15.5 Å². The Morgan fingerprint density at radius 2 is 2.06 bits per heavy atom. The van der Waals surface area contributed by atoms with Crippen LogP contribution in [0.25, 0.3) is 11.0 Å². The molecule has 0 aliphatic carbocycles. The molecule has 11 heteroatoms. The fourth-order valence-corrected chi connectivity index (χ4v) is 4.22. The summed E-state index contributed by atoms with van der Waals surface area (Å²) in [5.74, 6) is 1.50. The first-order valence-electron chi connectivity index (χ1n) is 11.5. The van der Waals surface area contributed by atoms with Gasteiger partial charge in [0.25, 0.3) is 0 Å². The first-order valence-corrected chi connectivity index (χ1v) is 11.5. The first-order chi connectivity index (χ1) is 16.1. The van der Waals surface area contributed by atoms with Crippen LogP contribution in [0.1, 0.15) is 31.9 Å². The van der Waals surface area contributed by atoms with Gasteiger partial charge in [-0.1, -0.05) is 13.3 Å². The average Bonchev–Trinajstić information content (AvgIpc) is 3.22. The molecule has 1 atom stereocenters. The number of aliphatic hydroxyl groups excluding tert-OH is 1. The van der Waals surface area contributed by atoms with Crippen molar-refractivity contribution in [2.24, 2.45) is 0 Å². The normalized spacial score (nSPS) is 15.1. The number of aliphatic hydroxyl groups is 1. The molecule has 0 amide bonds. The highest BCUT2D eigenvalue weighted by Gasteiger charge is 2.19. The Kier molecular flexibility index (Phi) is 7.40. The number of hydrogen-bond acceptors (Lipinski definition) is 10. The van der Waals surface area contributed by atoms with Crippen molar-refractivity contribution in [3.05, 3.63) is 24.2 Å². The summed E-state index contributed by atoms with van der Waals surface area (Å²) in [5.41, 5.74) is 9.17. The van der Waals surface area contributed by atoms with E-state index in [2.05, 4.69) is 37.5 Å². The number of nitrogens with one attached hydrogen (secondary N) is 2. The lowest BCUT2D eigenvalue weighted by Crippen LogP contribution is -2.43. The lowest BCUT2D eigenvalue weighted by atomic mass is 10.1. The Morgan fingerprint density at radius 1 is 1.24 bits per heavy atom. The molecular formula is C22H33N9O2. The van der Waals surface area contributed by atoms with Crippen molar-refractivity contribution in [1.29, 1.82) is 0 Å². The molecule has 1 fully saturated rings. The third-order valence-corrected chi connectivity index (χ3v) is 5.88. The van der Waals surface area contributed by atoms with Gasteiger partial charge in [0.05, 0.1) is 31.7 Å². The van der Waals surface area contributed by atoms with Crippen molar-refractivity contribution in [2.75, 3.05) is 55.8 Å². The van der Waals surface area contributed by atoms with Crippen LogP contribution in [0, 0.1) is 0 Å². The molecule has 1 aliphatic heterocycles. The van der Waals surface area contributed by atoms with Crippen LogP contribution >= 0.6 is 0 Å². The molecule has 0 radical (unpaired) electrons. The van der Waals surface area contributed by atoms with E-state index < -0.39 is 0 Å². The van der Waals surface area contributed by atoms with E-state index in [1.54, 1.807) is 13.3 Å². The van der Waals surface area contributed by atoms with Gasteiger partial charge in [-0.25, -0.2) is 4.98 Å². The van der Waals surface area contributed by atoms with Gasteiger partial charge in [-0.05, 0) is 12.8 Å². The van der Waals surface area contributed by atoms with Crippen LogP contribution in [0.3, 0.4) is 0 Å². The highest BCUT2D eigenvalue weighted by Crippen LogP contribution is 2.28. The zero-order valence-corrected chi connectivity index (χ0v) is 19.3. The van der Waals surface area contributed by atoms with Gasteiger partial charge < -0.3 is 31.1 Å². The molecule has 4 heterocycles. The molecule has 0 spiro atoms. The molecule has 178 valence electrons. The van der Waals surface area contributed by atoms with E-state index in [1.807, 2.05) is 16.9 Å². The van der Waals surface area contributed by atoms with Crippen LogP contribution in [-0.4, -0.2) is 75.8 Å². The standard InChI is InChI=1S/C22H33N9O2/c1-3-4-15(5-10-32)27-21-20-17(28-22(23)29-21)13-26-31(20)14-18-19(33-2)11-16(12-25-18)30-8-6-24-7-9-30/h11-13,15,24,32H,3-10,14H2,1-2H3,(H3,23,27,28,29)/t15-/m0/s1. The predicted octanol–water partition coefficient (Wildman–Crippen LogP) is 1.23. The maximum Gasteiger partial charge on any atom is 0.222 e. The van der Waals surface area contributed by atoms with Gasteiger partial charge in [0.2, 0.25) is 5.95 Å². The Bertz CT molecular complexity index is 1060. The summed E-state index contributed by atoms with van der Waals surface area (Å²) in [7, 11) is 1.66. The van der Waals surface area contributed by atoms with Crippen LogP contribution in [0.4, 0.5) is 17.5 Å². The zero-order valence-electron chi connectivity index (χ0n) is 19.3. The minimum Gasteiger partial charge on any atom is -0.495 e. The number of nitrogen functional groups attached to an aromatic ring is 1. The zero-order chi connectivity index (χ0) is 23.2. The molecule has 0 saturated carbocycles. The van der Waals surface area contributed by atoms with E-state index in [1.165, 1.54) is 0 Å². The number of aromatic nitrogens is 5. The van der Waals surface area contributed by atoms with E-state index in [0.717, 1.165) is 55.9 Å². The summed E-state index contributed by atoms with van der Waals surface area (Å²) >= 11 is 0. The second-order valence-electron chi connectivity index (χ2n) is 8.19. The SMILES string of the molecule is CCC[C@@H](CCO)Nc1nc(N)nc2cnn(Cc3ncc(N4CCNCC4)cc3OC)c12. The van der Waals surface area contributed by atoms with Crippen molar-refractivity contribution in [3.63, 3.8) is 0 Å². The minimum atomic E-state index is 0.0758. The maximum absolute atomic E-state index is 9.45. The van der Waals surface area contributed by atoms with Crippen molar-refractivity contribution in [1.82, 2.24) is 30.0 Å². The van der Waals surface area contributed by atoms with E-state index in [-0.39, 0.29) is 18.6 Å². The van der Waals surface area contributed by atoms with Crippen LogP contribution in [0.5, 0.6) is 5.75 Å². The summed E-state index contributed by atoms with van der Waals surface area (Å²) in [6.45, 7) is 6.40. The summed E-state index contributed by atoms with van der Waals surface area (Å²) in [6, 6.07) is 2.11. The number of hydrogen-bond donors (Lipinski definition) is 4. The molecule has 5 N–H and O–H groups in total. The molecule has 3 aromatic rings. The molecule has 0 aromatic carbocycles. The average molecular weight is 456 g/mol. The molecule has 1 aliphatic rings. The fraction of sp³-hybridized carbons (Fsp3) is 0.545. The van der Waals surface area contributed by atoms with Crippen molar-refractivity contribution in [2.45, 2.75) is 38.8 Å². The van der Waals surface area contributed by atoms with Gasteiger partial charge in [0.15, 0.2) is 5.82 Å². The second-order valence-corrected chi connectivity index (χ2v) is 8.19. The number of fused-ring (bicyclic) bond motifs is 1. The number of rotatable bonds is 10. The smallest absolute Gasteiger partial charge is 0.222 e. The molecule has 33 heavy (non-hydrogen) atoms. The molecule has 3 aromatic heterocycles.